The van der Waals surface area contributed by atoms with E-state index in [2.05, 4.69) is 4.98 Å². The van der Waals surface area contributed by atoms with E-state index in [1.165, 1.54) is 30.6 Å². The zero-order chi connectivity index (χ0) is 19.7. The number of aryl methyl sites for hydroxylation is 1. The monoisotopic (exact) mass is 391 g/mol. The number of hydrogen-bond acceptors (Lipinski definition) is 5. The molecule has 0 aliphatic rings. The first-order valence-corrected chi connectivity index (χ1v) is 8.86. The van der Waals surface area contributed by atoms with Crippen molar-refractivity contribution in [1.29, 1.82) is 0 Å². The number of hydrogen-bond donors (Lipinski definition) is 0. The summed E-state index contributed by atoms with van der Waals surface area (Å²) in [5.41, 5.74) is 1.83. The standard InChI is InChI=1S/C22H14ClNO4/c1-13-2-4-14(5-3-13)20-21(28-22(26)15-8-10-24-11-9-15)19(25)17-12-16(23)6-7-18(17)27-20/h2-12H,1H3. The Morgan fingerprint density at radius 3 is 2.46 bits per heavy atom. The van der Waals surface area contributed by atoms with E-state index >= 15 is 0 Å². The highest BCUT2D eigenvalue weighted by Crippen LogP contribution is 2.32. The molecule has 0 saturated carbocycles. The Labute approximate surface area is 165 Å². The number of rotatable bonds is 3. The highest BCUT2D eigenvalue weighted by atomic mass is 35.5. The molecule has 0 spiro atoms. The van der Waals surface area contributed by atoms with Gasteiger partial charge in [0.2, 0.25) is 11.2 Å². The van der Waals surface area contributed by atoms with Crippen molar-refractivity contribution < 1.29 is 13.9 Å². The summed E-state index contributed by atoms with van der Waals surface area (Å²) in [6.45, 7) is 1.95. The maximum Gasteiger partial charge on any atom is 0.343 e. The highest BCUT2D eigenvalue weighted by molar-refractivity contribution is 6.31. The van der Waals surface area contributed by atoms with Crippen molar-refractivity contribution in [3.63, 3.8) is 0 Å². The molecule has 4 aromatic rings. The molecule has 0 amide bonds. The minimum absolute atomic E-state index is 0.180. The van der Waals surface area contributed by atoms with Gasteiger partial charge in [-0.1, -0.05) is 41.4 Å². The first kappa shape index (κ1) is 17.9. The van der Waals surface area contributed by atoms with Crippen LogP contribution in [0.5, 0.6) is 5.75 Å². The van der Waals surface area contributed by atoms with Crippen molar-refractivity contribution >= 4 is 28.5 Å². The average molecular weight is 392 g/mol. The molecular weight excluding hydrogens is 378 g/mol. The Hall–Kier alpha value is -3.44. The topological polar surface area (TPSA) is 69.4 Å². The molecule has 138 valence electrons. The van der Waals surface area contributed by atoms with Crippen LogP contribution in [0.1, 0.15) is 15.9 Å². The first-order valence-electron chi connectivity index (χ1n) is 8.48. The van der Waals surface area contributed by atoms with Gasteiger partial charge in [-0.2, -0.15) is 0 Å². The molecule has 0 N–H and O–H groups in total. The van der Waals surface area contributed by atoms with Crippen LogP contribution in [-0.2, 0) is 0 Å². The largest absolute Gasteiger partial charge is 0.452 e. The number of benzene rings is 2. The number of ether oxygens (including phenoxy) is 1. The molecule has 2 aromatic heterocycles. The molecule has 0 radical (unpaired) electrons. The third-order valence-corrected chi connectivity index (χ3v) is 4.47. The third kappa shape index (κ3) is 3.40. The Bertz CT molecular complexity index is 1230. The van der Waals surface area contributed by atoms with Crippen LogP contribution in [-0.4, -0.2) is 11.0 Å². The van der Waals surface area contributed by atoms with Crippen molar-refractivity contribution in [3.8, 4) is 17.1 Å². The first-order chi connectivity index (χ1) is 13.5. The van der Waals surface area contributed by atoms with Crippen molar-refractivity contribution in [2.24, 2.45) is 0 Å². The van der Waals surface area contributed by atoms with E-state index < -0.39 is 11.4 Å². The van der Waals surface area contributed by atoms with E-state index in [1.54, 1.807) is 24.3 Å². The van der Waals surface area contributed by atoms with Gasteiger partial charge in [0.25, 0.3) is 0 Å². The summed E-state index contributed by atoms with van der Waals surface area (Å²) in [4.78, 5) is 29.5. The number of halogens is 1. The molecule has 4 rings (SSSR count). The van der Waals surface area contributed by atoms with Gasteiger partial charge >= 0.3 is 5.97 Å². The Balaban J connectivity index is 1.92. The summed E-state index contributed by atoms with van der Waals surface area (Å²) in [7, 11) is 0. The molecule has 0 unspecified atom stereocenters. The normalized spacial score (nSPS) is 10.8. The second-order valence-electron chi connectivity index (χ2n) is 6.22. The highest BCUT2D eigenvalue weighted by Gasteiger charge is 2.21. The van der Waals surface area contributed by atoms with Gasteiger partial charge in [0.15, 0.2) is 5.76 Å². The Kier molecular flexibility index (Phi) is 4.67. The van der Waals surface area contributed by atoms with Crippen LogP contribution >= 0.6 is 11.6 Å². The molecule has 0 atom stereocenters. The van der Waals surface area contributed by atoms with Crippen molar-refractivity contribution in [2.45, 2.75) is 6.92 Å². The molecule has 6 heteroatoms. The molecule has 2 heterocycles. The van der Waals surface area contributed by atoms with Crippen molar-refractivity contribution in [3.05, 3.63) is 93.4 Å². The SMILES string of the molecule is Cc1ccc(-c2oc3ccc(Cl)cc3c(=O)c2OC(=O)c2ccncc2)cc1. The van der Waals surface area contributed by atoms with Crippen LogP contribution in [0.4, 0.5) is 0 Å². The molecule has 0 bridgehead atoms. The van der Waals surface area contributed by atoms with E-state index in [1.807, 2.05) is 19.1 Å². The number of pyridine rings is 1. The maximum absolute atomic E-state index is 13.1. The van der Waals surface area contributed by atoms with Gasteiger partial charge in [-0.25, -0.2) is 4.79 Å². The van der Waals surface area contributed by atoms with Crippen LogP contribution in [0, 0.1) is 6.92 Å². The zero-order valence-corrected chi connectivity index (χ0v) is 15.6. The quantitative estimate of drug-likeness (QED) is 0.458. The van der Waals surface area contributed by atoms with Crippen LogP contribution < -0.4 is 10.2 Å². The lowest BCUT2D eigenvalue weighted by atomic mass is 10.1. The van der Waals surface area contributed by atoms with Crippen molar-refractivity contribution in [2.75, 3.05) is 0 Å². The molecule has 0 saturated heterocycles. The number of nitrogens with zero attached hydrogens (tertiary/aromatic N) is 1. The zero-order valence-electron chi connectivity index (χ0n) is 14.8. The predicted octanol–water partition coefficient (Wildman–Crippen LogP) is 5.04. The predicted molar refractivity (Wildman–Crippen MR) is 107 cm³/mol. The van der Waals surface area contributed by atoms with Gasteiger partial charge in [-0.3, -0.25) is 9.78 Å². The minimum atomic E-state index is -0.676. The van der Waals surface area contributed by atoms with E-state index in [-0.39, 0.29) is 22.5 Å². The molecular formula is C22H14ClNO4. The van der Waals surface area contributed by atoms with Gasteiger partial charge in [0.05, 0.1) is 10.9 Å². The lowest BCUT2D eigenvalue weighted by Gasteiger charge is -2.11. The number of esters is 1. The summed E-state index contributed by atoms with van der Waals surface area (Å²) in [5, 5.41) is 0.621. The number of carbonyl (C=O) groups is 1. The smallest absolute Gasteiger partial charge is 0.343 e. The van der Waals surface area contributed by atoms with Gasteiger partial charge in [-0.05, 0) is 37.3 Å². The van der Waals surface area contributed by atoms with E-state index in [9.17, 15) is 9.59 Å². The van der Waals surface area contributed by atoms with E-state index in [0.29, 0.717) is 16.2 Å². The van der Waals surface area contributed by atoms with Gasteiger partial charge in [-0.15, -0.1) is 0 Å². The van der Waals surface area contributed by atoms with Crippen LogP contribution in [0.3, 0.4) is 0 Å². The fourth-order valence-electron chi connectivity index (χ4n) is 2.78. The fraction of sp³-hybridized carbons (Fsp3) is 0.0455. The van der Waals surface area contributed by atoms with Gasteiger partial charge in [0.1, 0.15) is 5.58 Å². The maximum atomic E-state index is 13.1. The molecule has 0 aliphatic carbocycles. The van der Waals surface area contributed by atoms with Gasteiger partial charge < -0.3 is 9.15 Å². The van der Waals surface area contributed by atoms with Gasteiger partial charge in [0, 0.05) is 23.0 Å². The van der Waals surface area contributed by atoms with Crippen molar-refractivity contribution in [1.82, 2.24) is 4.98 Å². The minimum Gasteiger partial charge on any atom is -0.452 e. The van der Waals surface area contributed by atoms with Crippen LogP contribution in [0.15, 0.2) is 76.2 Å². The van der Waals surface area contributed by atoms with E-state index in [4.69, 9.17) is 20.8 Å². The Morgan fingerprint density at radius 1 is 1.04 bits per heavy atom. The molecule has 0 fully saturated rings. The lowest BCUT2D eigenvalue weighted by molar-refractivity contribution is 0.0731. The lowest BCUT2D eigenvalue weighted by Crippen LogP contribution is -2.16. The molecule has 0 aliphatic heterocycles. The summed E-state index contributed by atoms with van der Waals surface area (Å²) < 4.78 is 11.4. The van der Waals surface area contributed by atoms with E-state index in [0.717, 1.165) is 5.56 Å². The third-order valence-electron chi connectivity index (χ3n) is 4.24. The fourth-order valence-corrected chi connectivity index (χ4v) is 2.95. The molecule has 28 heavy (non-hydrogen) atoms. The number of carbonyl (C=O) groups excluding carboxylic acids is 1. The second kappa shape index (κ2) is 7.29. The summed E-state index contributed by atoms with van der Waals surface area (Å²) in [5.74, 6) is -0.674. The second-order valence-corrected chi connectivity index (χ2v) is 6.66. The van der Waals surface area contributed by atoms with Crippen LogP contribution in [0.25, 0.3) is 22.3 Å². The average Bonchev–Trinajstić information content (AvgIpc) is 2.71. The summed E-state index contributed by atoms with van der Waals surface area (Å²) in [6.07, 6.45) is 2.94. The summed E-state index contributed by atoms with van der Waals surface area (Å²) in [6, 6.07) is 15.1. The van der Waals surface area contributed by atoms with Crippen LogP contribution in [0.2, 0.25) is 5.02 Å². The number of fused-ring (bicyclic) bond motifs is 1. The molecule has 2 aromatic carbocycles. The summed E-state index contributed by atoms with van der Waals surface area (Å²) >= 11 is 6.02. The number of aromatic nitrogens is 1. The molecule has 5 nitrogen and oxygen atoms in total. The Morgan fingerprint density at radius 2 is 1.75 bits per heavy atom.